The molecule has 0 saturated heterocycles. The van der Waals surface area contributed by atoms with E-state index in [1.165, 1.54) is 0 Å². The van der Waals surface area contributed by atoms with E-state index in [-0.39, 0.29) is 12.5 Å². The maximum Gasteiger partial charge on any atom is 0.356 e. The normalized spacial score (nSPS) is 14.3. The Kier molecular flexibility index (Phi) is 3.69. The van der Waals surface area contributed by atoms with Crippen molar-refractivity contribution in [3.63, 3.8) is 0 Å². The quantitative estimate of drug-likeness (QED) is 0.606. The number of carbonyl (C=O) groups is 2. The largest absolute Gasteiger partial charge is 0.461 e. The highest BCUT2D eigenvalue weighted by Gasteiger charge is 2.34. The lowest BCUT2D eigenvalue weighted by Gasteiger charge is -2.10. The first-order valence-corrected chi connectivity index (χ1v) is 6.25. The number of esters is 1. The fourth-order valence-electron chi connectivity index (χ4n) is 2.10. The average molecular weight is 263 g/mol. The summed E-state index contributed by atoms with van der Waals surface area (Å²) in [6.07, 6.45) is 3.75. The number of hydrogen-bond donors (Lipinski definition) is 0. The molecule has 0 radical (unpaired) electrons. The predicted molar refractivity (Wildman–Crippen MR) is 70.1 cm³/mol. The summed E-state index contributed by atoms with van der Waals surface area (Å²) in [5.74, 6) is 0.0224. The first kappa shape index (κ1) is 13.3. The summed E-state index contributed by atoms with van der Waals surface area (Å²) in [5.41, 5.74) is 0.958. The van der Waals surface area contributed by atoms with Gasteiger partial charge in [-0.3, -0.25) is 14.3 Å². The summed E-state index contributed by atoms with van der Waals surface area (Å²) in [7, 11) is 0. The molecule has 2 heterocycles. The molecule has 0 atom stereocenters. The molecule has 0 N–H and O–H groups in total. The summed E-state index contributed by atoms with van der Waals surface area (Å²) in [4.78, 5) is 29.7. The zero-order chi connectivity index (χ0) is 14.0. The number of nitrogens with zero attached hydrogens (tertiary/aromatic N) is 3. The summed E-state index contributed by atoms with van der Waals surface area (Å²) in [6, 6.07) is 0. The standard InChI is InChI=1S/C13H17N3O3/c1-4-6-7-15-10(17)8-16-11(12(18)19-5-2)9(3)14-13(15)16/h4,6H,5,7-8H2,1-3H3/b6-4-. The fraction of sp³-hybridized carbons (Fsp3) is 0.462. The van der Waals surface area contributed by atoms with Gasteiger partial charge in [0.25, 0.3) is 0 Å². The highest BCUT2D eigenvalue weighted by molar-refractivity contribution is 5.99. The Morgan fingerprint density at radius 2 is 2.26 bits per heavy atom. The average Bonchev–Trinajstić information content (AvgIpc) is 2.81. The van der Waals surface area contributed by atoms with E-state index in [0.29, 0.717) is 30.5 Å². The maximum absolute atomic E-state index is 11.9. The van der Waals surface area contributed by atoms with Crippen molar-refractivity contribution in [1.29, 1.82) is 0 Å². The summed E-state index contributed by atoms with van der Waals surface area (Å²) >= 11 is 0. The van der Waals surface area contributed by atoms with E-state index in [2.05, 4.69) is 4.98 Å². The first-order chi connectivity index (χ1) is 9.10. The van der Waals surface area contributed by atoms with Crippen molar-refractivity contribution in [1.82, 2.24) is 9.55 Å². The monoisotopic (exact) mass is 263 g/mol. The lowest BCUT2D eigenvalue weighted by Crippen LogP contribution is -2.27. The predicted octanol–water partition coefficient (Wildman–Crippen LogP) is 1.29. The van der Waals surface area contributed by atoms with Gasteiger partial charge in [0.1, 0.15) is 6.54 Å². The molecule has 6 heteroatoms. The molecule has 102 valence electrons. The minimum atomic E-state index is -0.431. The Balaban J connectivity index is 2.37. The van der Waals surface area contributed by atoms with E-state index in [9.17, 15) is 9.59 Å². The molecule has 0 fully saturated rings. The Hall–Kier alpha value is -2.11. The molecule has 2 rings (SSSR count). The fourth-order valence-corrected chi connectivity index (χ4v) is 2.10. The lowest BCUT2D eigenvalue weighted by molar-refractivity contribution is -0.117. The first-order valence-electron chi connectivity index (χ1n) is 6.25. The van der Waals surface area contributed by atoms with Gasteiger partial charge < -0.3 is 4.74 Å². The number of carbonyl (C=O) groups excluding carboxylic acids is 2. The number of imidazole rings is 1. The molecule has 1 amide bonds. The van der Waals surface area contributed by atoms with Crippen LogP contribution in [-0.2, 0) is 16.1 Å². The van der Waals surface area contributed by atoms with Crippen molar-refractivity contribution in [2.24, 2.45) is 0 Å². The Morgan fingerprint density at radius 1 is 1.53 bits per heavy atom. The van der Waals surface area contributed by atoms with E-state index in [0.717, 1.165) is 0 Å². The van der Waals surface area contributed by atoms with Crippen molar-refractivity contribution in [3.8, 4) is 0 Å². The van der Waals surface area contributed by atoms with Gasteiger partial charge in [-0.1, -0.05) is 12.2 Å². The second-order valence-electron chi connectivity index (χ2n) is 4.23. The smallest absolute Gasteiger partial charge is 0.356 e. The van der Waals surface area contributed by atoms with Crippen LogP contribution in [0.1, 0.15) is 30.0 Å². The molecule has 1 aromatic heterocycles. The van der Waals surface area contributed by atoms with Crippen LogP contribution in [0.15, 0.2) is 12.2 Å². The lowest BCUT2D eigenvalue weighted by atomic mass is 10.3. The van der Waals surface area contributed by atoms with Gasteiger partial charge in [0, 0.05) is 6.54 Å². The van der Waals surface area contributed by atoms with Gasteiger partial charge in [0.15, 0.2) is 5.69 Å². The maximum atomic E-state index is 11.9. The van der Waals surface area contributed by atoms with Crippen molar-refractivity contribution in [3.05, 3.63) is 23.5 Å². The summed E-state index contributed by atoms with van der Waals surface area (Å²) in [5, 5.41) is 0. The molecule has 1 aromatic rings. The second kappa shape index (κ2) is 5.26. The SMILES string of the molecule is C/C=C\CN1C(=O)Cn2c1nc(C)c2C(=O)OCC. The van der Waals surface area contributed by atoms with Crippen LogP contribution >= 0.6 is 0 Å². The van der Waals surface area contributed by atoms with E-state index in [4.69, 9.17) is 4.74 Å². The van der Waals surface area contributed by atoms with Crippen molar-refractivity contribution in [2.45, 2.75) is 27.3 Å². The number of aryl methyl sites for hydroxylation is 1. The van der Waals surface area contributed by atoms with Crippen LogP contribution in [0.4, 0.5) is 5.95 Å². The molecule has 19 heavy (non-hydrogen) atoms. The molecule has 1 aliphatic heterocycles. The number of ether oxygens (including phenoxy) is 1. The van der Waals surface area contributed by atoms with Gasteiger partial charge in [-0.2, -0.15) is 0 Å². The van der Waals surface area contributed by atoms with E-state index >= 15 is 0 Å². The number of anilines is 1. The summed E-state index contributed by atoms with van der Waals surface area (Å²) < 4.78 is 6.62. The van der Waals surface area contributed by atoms with Crippen LogP contribution in [0.5, 0.6) is 0 Å². The molecule has 0 saturated carbocycles. The molecular formula is C13H17N3O3. The Morgan fingerprint density at radius 3 is 2.89 bits per heavy atom. The minimum absolute atomic E-state index is 0.0638. The highest BCUT2D eigenvalue weighted by atomic mass is 16.5. The van der Waals surface area contributed by atoms with Crippen LogP contribution in [0.3, 0.4) is 0 Å². The van der Waals surface area contributed by atoms with Crippen molar-refractivity contribution in [2.75, 3.05) is 18.1 Å². The third-order valence-electron chi connectivity index (χ3n) is 2.95. The molecule has 6 nitrogen and oxygen atoms in total. The van der Waals surface area contributed by atoms with Gasteiger partial charge in [-0.25, -0.2) is 9.78 Å². The number of amides is 1. The van der Waals surface area contributed by atoms with Crippen LogP contribution < -0.4 is 4.90 Å². The molecular weight excluding hydrogens is 246 g/mol. The van der Waals surface area contributed by atoms with Gasteiger partial charge in [-0.15, -0.1) is 0 Å². The third kappa shape index (κ3) is 2.25. The van der Waals surface area contributed by atoms with Crippen molar-refractivity contribution < 1.29 is 14.3 Å². The molecule has 0 aliphatic carbocycles. The van der Waals surface area contributed by atoms with E-state index in [1.807, 2.05) is 19.1 Å². The molecule has 0 aromatic carbocycles. The number of fused-ring (bicyclic) bond motifs is 1. The second-order valence-corrected chi connectivity index (χ2v) is 4.23. The number of hydrogen-bond acceptors (Lipinski definition) is 4. The van der Waals surface area contributed by atoms with Gasteiger partial charge in [0.2, 0.25) is 11.9 Å². The molecule has 0 unspecified atom stereocenters. The topological polar surface area (TPSA) is 64.4 Å². The van der Waals surface area contributed by atoms with Crippen LogP contribution in [0.25, 0.3) is 0 Å². The van der Waals surface area contributed by atoms with E-state index in [1.54, 1.807) is 23.3 Å². The van der Waals surface area contributed by atoms with E-state index < -0.39 is 5.97 Å². The zero-order valence-electron chi connectivity index (χ0n) is 11.3. The van der Waals surface area contributed by atoms with Crippen molar-refractivity contribution >= 4 is 17.8 Å². The molecule has 0 bridgehead atoms. The number of allylic oxidation sites excluding steroid dienone is 1. The van der Waals surface area contributed by atoms with Gasteiger partial charge >= 0.3 is 5.97 Å². The van der Waals surface area contributed by atoms with Crippen LogP contribution in [0, 0.1) is 6.92 Å². The third-order valence-corrected chi connectivity index (χ3v) is 2.95. The van der Waals surface area contributed by atoms with Crippen LogP contribution in [0.2, 0.25) is 0 Å². The van der Waals surface area contributed by atoms with Gasteiger partial charge in [-0.05, 0) is 20.8 Å². The minimum Gasteiger partial charge on any atom is -0.461 e. The Bertz CT molecular complexity index is 546. The zero-order valence-corrected chi connectivity index (χ0v) is 11.3. The molecule has 1 aliphatic rings. The van der Waals surface area contributed by atoms with Gasteiger partial charge in [0.05, 0.1) is 12.3 Å². The molecule has 0 spiro atoms. The Labute approximate surface area is 111 Å². The summed E-state index contributed by atoms with van der Waals surface area (Å²) in [6.45, 7) is 6.29. The van der Waals surface area contributed by atoms with Crippen LogP contribution in [-0.4, -0.2) is 34.6 Å². The number of rotatable bonds is 4. The highest BCUT2D eigenvalue weighted by Crippen LogP contribution is 2.26. The number of aromatic nitrogens is 2.